The molecule has 0 bridgehead atoms. The normalized spacial score (nSPS) is 16.4. The molecule has 1 atom stereocenters. The number of fused-ring (bicyclic) bond motifs is 1. The highest BCUT2D eigenvalue weighted by Gasteiger charge is 2.24. The summed E-state index contributed by atoms with van der Waals surface area (Å²) in [5, 5.41) is 0.168. The van der Waals surface area contributed by atoms with Gasteiger partial charge in [-0.25, -0.2) is 4.98 Å². The van der Waals surface area contributed by atoms with E-state index in [0.717, 1.165) is 49.6 Å². The molecule has 3 aromatic rings. The SMILES string of the molecule is C[C@@H](SCC(=O)N1CC[NH+](Cc2ccccc2)CC1)c1nc2ccccc2[nH]1. The fourth-order valence-corrected chi connectivity index (χ4v) is 4.51. The summed E-state index contributed by atoms with van der Waals surface area (Å²) in [7, 11) is 0. The van der Waals surface area contributed by atoms with E-state index in [1.807, 2.05) is 29.2 Å². The number of nitrogens with one attached hydrogen (secondary N) is 2. The zero-order valence-electron chi connectivity index (χ0n) is 16.2. The van der Waals surface area contributed by atoms with Crippen LogP contribution in [-0.2, 0) is 11.3 Å². The number of amides is 1. The van der Waals surface area contributed by atoms with E-state index in [4.69, 9.17) is 0 Å². The Morgan fingerprint density at radius 2 is 1.86 bits per heavy atom. The average molecular weight is 396 g/mol. The molecule has 0 spiro atoms. The molecule has 0 saturated carbocycles. The minimum Gasteiger partial charge on any atom is -0.341 e. The van der Waals surface area contributed by atoms with E-state index in [1.54, 1.807) is 16.7 Å². The number of H-pyrrole nitrogens is 1. The van der Waals surface area contributed by atoms with Gasteiger partial charge in [0.25, 0.3) is 0 Å². The first-order chi connectivity index (χ1) is 13.7. The Hall–Kier alpha value is -2.31. The summed E-state index contributed by atoms with van der Waals surface area (Å²) in [6.45, 7) is 6.88. The maximum Gasteiger partial charge on any atom is 0.233 e. The van der Waals surface area contributed by atoms with Crippen molar-refractivity contribution >= 4 is 28.7 Å². The number of piperazine rings is 1. The average Bonchev–Trinajstić information content (AvgIpc) is 3.17. The molecule has 28 heavy (non-hydrogen) atoms. The maximum atomic E-state index is 12.6. The molecular weight excluding hydrogens is 368 g/mol. The molecule has 1 fully saturated rings. The lowest BCUT2D eigenvalue weighted by molar-refractivity contribution is -0.917. The smallest absolute Gasteiger partial charge is 0.233 e. The second-order valence-corrected chi connectivity index (χ2v) is 8.71. The third-order valence-electron chi connectivity index (χ3n) is 5.37. The summed E-state index contributed by atoms with van der Waals surface area (Å²) in [6, 6.07) is 18.6. The quantitative estimate of drug-likeness (QED) is 0.673. The van der Waals surface area contributed by atoms with Crippen LogP contribution in [0, 0.1) is 0 Å². The number of nitrogens with zero attached hydrogens (tertiary/aromatic N) is 2. The second-order valence-electron chi connectivity index (χ2n) is 7.39. The third kappa shape index (κ3) is 4.56. The summed E-state index contributed by atoms with van der Waals surface area (Å²) in [6.07, 6.45) is 0. The summed E-state index contributed by atoms with van der Waals surface area (Å²) in [4.78, 5) is 24.2. The van der Waals surface area contributed by atoms with Crippen molar-refractivity contribution in [2.24, 2.45) is 0 Å². The fraction of sp³-hybridized carbons (Fsp3) is 0.364. The van der Waals surface area contributed by atoms with Gasteiger partial charge >= 0.3 is 0 Å². The van der Waals surface area contributed by atoms with Gasteiger partial charge in [-0.3, -0.25) is 4.79 Å². The van der Waals surface area contributed by atoms with Crippen LogP contribution in [0.4, 0.5) is 0 Å². The van der Waals surface area contributed by atoms with Gasteiger partial charge in [0.2, 0.25) is 5.91 Å². The zero-order chi connectivity index (χ0) is 19.3. The summed E-state index contributed by atoms with van der Waals surface area (Å²) < 4.78 is 0. The highest BCUT2D eigenvalue weighted by Crippen LogP contribution is 2.27. The highest BCUT2D eigenvalue weighted by molar-refractivity contribution is 8.00. The van der Waals surface area contributed by atoms with Gasteiger partial charge in [-0.15, -0.1) is 11.8 Å². The predicted molar refractivity (Wildman–Crippen MR) is 114 cm³/mol. The largest absolute Gasteiger partial charge is 0.341 e. The van der Waals surface area contributed by atoms with Crippen LogP contribution >= 0.6 is 11.8 Å². The molecule has 5 nitrogen and oxygen atoms in total. The number of aromatic nitrogens is 2. The molecule has 1 aromatic heterocycles. The van der Waals surface area contributed by atoms with Gasteiger partial charge in [0, 0.05) is 5.56 Å². The van der Waals surface area contributed by atoms with Crippen molar-refractivity contribution in [1.29, 1.82) is 0 Å². The topological polar surface area (TPSA) is 53.4 Å². The number of thioether (sulfide) groups is 1. The minimum atomic E-state index is 0.168. The number of imidazole rings is 1. The Labute approximate surface area is 170 Å². The Kier molecular flexibility index (Phi) is 5.98. The van der Waals surface area contributed by atoms with Crippen molar-refractivity contribution in [2.45, 2.75) is 18.7 Å². The van der Waals surface area contributed by atoms with Gasteiger partial charge in [0.05, 0.1) is 48.2 Å². The van der Waals surface area contributed by atoms with E-state index in [9.17, 15) is 4.79 Å². The predicted octanol–water partition coefficient (Wildman–Crippen LogP) is 2.28. The van der Waals surface area contributed by atoms with E-state index in [1.165, 1.54) is 5.56 Å². The minimum absolute atomic E-state index is 0.168. The zero-order valence-corrected chi connectivity index (χ0v) is 17.0. The van der Waals surface area contributed by atoms with Crippen molar-refractivity contribution in [2.75, 3.05) is 31.9 Å². The Bertz CT molecular complexity index is 885. The van der Waals surface area contributed by atoms with Crippen LogP contribution in [0.1, 0.15) is 23.6 Å². The number of carbonyl (C=O) groups excluding carboxylic acids is 1. The molecule has 2 N–H and O–H groups in total. The van der Waals surface area contributed by atoms with E-state index < -0.39 is 0 Å². The van der Waals surface area contributed by atoms with Gasteiger partial charge < -0.3 is 14.8 Å². The molecule has 2 aromatic carbocycles. The van der Waals surface area contributed by atoms with E-state index >= 15 is 0 Å². The first-order valence-corrected chi connectivity index (χ1v) is 11.0. The molecule has 0 unspecified atom stereocenters. The van der Waals surface area contributed by atoms with Gasteiger partial charge in [0.15, 0.2) is 0 Å². The molecule has 146 valence electrons. The number of aromatic amines is 1. The molecule has 1 aliphatic heterocycles. The number of para-hydroxylation sites is 2. The van der Waals surface area contributed by atoms with Gasteiger partial charge in [0.1, 0.15) is 12.4 Å². The van der Waals surface area contributed by atoms with Gasteiger partial charge in [-0.05, 0) is 19.1 Å². The second kappa shape index (κ2) is 8.80. The first kappa shape index (κ1) is 19.0. The lowest BCUT2D eigenvalue weighted by Gasteiger charge is -2.32. The molecule has 0 radical (unpaired) electrons. The van der Waals surface area contributed by atoms with Gasteiger partial charge in [-0.1, -0.05) is 42.5 Å². The third-order valence-corrected chi connectivity index (χ3v) is 6.51. The molecular formula is C22H27N4OS+. The summed E-state index contributed by atoms with van der Waals surface area (Å²) in [5.41, 5.74) is 3.40. The fourth-order valence-electron chi connectivity index (χ4n) is 3.67. The number of benzene rings is 2. The summed E-state index contributed by atoms with van der Waals surface area (Å²) >= 11 is 1.66. The Balaban J connectivity index is 1.24. The Morgan fingerprint density at radius 1 is 1.14 bits per heavy atom. The van der Waals surface area contributed by atoms with Gasteiger partial charge in [-0.2, -0.15) is 0 Å². The van der Waals surface area contributed by atoms with E-state index in [-0.39, 0.29) is 11.2 Å². The monoisotopic (exact) mass is 395 g/mol. The van der Waals surface area contributed by atoms with E-state index in [2.05, 4.69) is 47.2 Å². The summed E-state index contributed by atoms with van der Waals surface area (Å²) in [5.74, 6) is 1.69. The maximum absolute atomic E-state index is 12.6. The van der Waals surface area contributed by atoms with Crippen LogP contribution in [0.2, 0.25) is 0 Å². The first-order valence-electron chi connectivity index (χ1n) is 9.90. The standard InChI is InChI=1S/C22H26N4OS/c1-17(22-23-19-9-5-6-10-20(19)24-22)28-16-21(27)26-13-11-25(12-14-26)15-18-7-3-2-4-8-18/h2-10,17H,11-16H2,1H3,(H,23,24)/p+1/t17-/m1/s1. The Morgan fingerprint density at radius 3 is 2.61 bits per heavy atom. The number of carbonyl (C=O) groups is 1. The lowest BCUT2D eigenvalue weighted by atomic mass is 10.2. The molecule has 2 heterocycles. The van der Waals surface area contributed by atoms with Crippen molar-refractivity contribution in [1.82, 2.24) is 14.9 Å². The van der Waals surface area contributed by atoms with Crippen LogP contribution in [0.3, 0.4) is 0 Å². The van der Waals surface area contributed by atoms with Crippen LogP contribution < -0.4 is 4.90 Å². The number of quaternary nitrogens is 1. The van der Waals surface area contributed by atoms with Crippen LogP contribution in [0.15, 0.2) is 54.6 Å². The molecule has 4 rings (SSSR count). The van der Waals surface area contributed by atoms with Crippen molar-refractivity contribution in [3.8, 4) is 0 Å². The molecule has 0 aliphatic carbocycles. The highest BCUT2D eigenvalue weighted by atomic mass is 32.2. The van der Waals surface area contributed by atoms with Crippen LogP contribution in [-0.4, -0.2) is 52.7 Å². The molecule has 1 amide bonds. The molecule has 1 aliphatic rings. The molecule has 6 heteroatoms. The lowest BCUT2D eigenvalue weighted by Crippen LogP contribution is -3.13. The number of rotatable bonds is 6. The van der Waals surface area contributed by atoms with Crippen molar-refractivity contribution in [3.63, 3.8) is 0 Å². The van der Waals surface area contributed by atoms with Crippen LogP contribution in [0.25, 0.3) is 11.0 Å². The number of hydrogen-bond donors (Lipinski definition) is 2. The van der Waals surface area contributed by atoms with Crippen LogP contribution in [0.5, 0.6) is 0 Å². The van der Waals surface area contributed by atoms with E-state index in [0.29, 0.717) is 5.75 Å². The molecule has 1 saturated heterocycles. The van der Waals surface area contributed by atoms with Crippen molar-refractivity contribution < 1.29 is 9.69 Å². The van der Waals surface area contributed by atoms with Crippen molar-refractivity contribution in [3.05, 3.63) is 66.0 Å². The number of hydrogen-bond acceptors (Lipinski definition) is 3.